The Hall–Kier alpha value is -2.63. The summed E-state index contributed by atoms with van der Waals surface area (Å²) < 4.78 is 1.95. The Balaban J connectivity index is 2.07. The lowest BCUT2D eigenvalue weighted by Gasteiger charge is -2.24. The molecule has 0 fully saturated rings. The predicted molar refractivity (Wildman–Crippen MR) is 103 cm³/mol. The SMILES string of the molecule is C=CCNC(=NCc1nnc(C)n1C)NC(C)C(C)c1ccccc1. The van der Waals surface area contributed by atoms with Crippen LogP contribution in [0.4, 0.5) is 0 Å². The van der Waals surface area contributed by atoms with Crippen molar-refractivity contribution in [3.05, 3.63) is 60.2 Å². The molecule has 0 saturated carbocycles. The molecule has 1 heterocycles. The second-order valence-corrected chi connectivity index (χ2v) is 6.19. The summed E-state index contributed by atoms with van der Waals surface area (Å²) >= 11 is 0. The van der Waals surface area contributed by atoms with Crippen LogP contribution in [0.2, 0.25) is 0 Å². The lowest BCUT2D eigenvalue weighted by atomic mass is 9.94. The Morgan fingerprint density at radius 2 is 2.00 bits per heavy atom. The molecule has 2 rings (SSSR count). The van der Waals surface area contributed by atoms with E-state index in [0.29, 0.717) is 19.0 Å². The van der Waals surface area contributed by atoms with Crippen molar-refractivity contribution in [1.29, 1.82) is 0 Å². The fourth-order valence-electron chi connectivity index (χ4n) is 2.45. The van der Waals surface area contributed by atoms with Crippen LogP contribution in [-0.2, 0) is 13.6 Å². The van der Waals surface area contributed by atoms with Gasteiger partial charge in [-0.25, -0.2) is 4.99 Å². The molecule has 2 N–H and O–H groups in total. The van der Waals surface area contributed by atoms with Crippen molar-refractivity contribution in [2.75, 3.05) is 6.54 Å². The zero-order valence-electron chi connectivity index (χ0n) is 15.5. The van der Waals surface area contributed by atoms with Gasteiger partial charge in [0.1, 0.15) is 12.4 Å². The van der Waals surface area contributed by atoms with Crippen molar-refractivity contribution in [3.63, 3.8) is 0 Å². The lowest BCUT2D eigenvalue weighted by Crippen LogP contribution is -2.44. The van der Waals surface area contributed by atoms with E-state index in [4.69, 9.17) is 0 Å². The van der Waals surface area contributed by atoms with Gasteiger partial charge in [0.05, 0.1) is 0 Å². The van der Waals surface area contributed by atoms with Gasteiger partial charge >= 0.3 is 0 Å². The molecule has 0 amide bonds. The molecule has 0 aliphatic heterocycles. The molecule has 6 heteroatoms. The van der Waals surface area contributed by atoms with Gasteiger partial charge in [0.2, 0.25) is 0 Å². The van der Waals surface area contributed by atoms with Crippen molar-refractivity contribution >= 4 is 5.96 Å². The Kier molecular flexibility index (Phi) is 6.74. The smallest absolute Gasteiger partial charge is 0.192 e. The van der Waals surface area contributed by atoms with Gasteiger partial charge in [-0.15, -0.1) is 16.8 Å². The zero-order valence-corrected chi connectivity index (χ0v) is 15.5. The minimum absolute atomic E-state index is 0.222. The van der Waals surface area contributed by atoms with Crippen molar-refractivity contribution in [1.82, 2.24) is 25.4 Å². The molecule has 1 aromatic carbocycles. The maximum Gasteiger partial charge on any atom is 0.192 e. The monoisotopic (exact) mass is 340 g/mol. The predicted octanol–water partition coefficient (Wildman–Crippen LogP) is 2.54. The number of aryl methyl sites for hydroxylation is 1. The van der Waals surface area contributed by atoms with Crippen LogP contribution in [0.1, 0.15) is 37.0 Å². The number of benzene rings is 1. The van der Waals surface area contributed by atoms with Gasteiger partial charge in [-0.2, -0.15) is 0 Å². The van der Waals surface area contributed by atoms with Gasteiger partial charge in [-0.3, -0.25) is 0 Å². The quantitative estimate of drug-likeness (QED) is 0.462. The topological polar surface area (TPSA) is 67.1 Å². The molecule has 0 radical (unpaired) electrons. The average molecular weight is 340 g/mol. The van der Waals surface area contributed by atoms with Crippen LogP contribution in [0, 0.1) is 6.92 Å². The summed E-state index contributed by atoms with van der Waals surface area (Å²) in [4.78, 5) is 4.65. The molecular formula is C19H28N6. The van der Waals surface area contributed by atoms with E-state index in [2.05, 4.69) is 70.5 Å². The standard InChI is InChI=1S/C19H28N6/c1-6-12-20-19(21-13-18-24-23-16(4)25(18)5)22-15(3)14(2)17-10-8-7-9-11-17/h6-11,14-15H,1,12-13H2,2-5H3,(H2,20,21,22). The number of rotatable bonds is 7. The molecule has 2 atom stereocenters. The summed E-state index contributed by atoms with van der Waals surface area (Å²) in [6.45, 7) is 11.2. The lowest BCUT2D eigenvalue weighted by molar-refractivity contribution is 0.550. The van der Waals surface area contributed by atoms with Crippen LogP contribution in [-0.4, -0.2) is 33.3 Å². The first-order valence-corrected chi connectivity index (χ1v) is 8.58. The highest BCUT2D eigenvalue weighted by Crippen LogP contribution is 2.18. The largest absolute Gasteiger partial charge is 0.353 e. The maximum atomic E-state index is 4.65. The third-order valence-electron chi connectivity index (χ3n) is 4.41. The summed E-state index contributed by atoms with van der Waals surface area (Å²) in [6, 6.07) is 10.7. The van der Waals surface area contributed by atoms with Crippen molar-refractivity contribution < 1.29 is 0 Å². The van der Waals surface area contributed by atoms with E-state index < -0.39 is 0 Å². The van der Waals surface area contributed by atoms with Crippen LogP contribution < -0.4 is 10.6 Å². The van der Waals surface area contributed by atoms with Crippen LogP contribution in [0.15, 0.2) is 48.0 Å². The highest BCUT2D eigenvalue weighted by Gasteiger charge is 2.15. The first-order valence-electron chi connectivity index (χ1n) is 8.58. The summed E-state index contributed by atoms with van der Waals surface area (Å²) in [5.74, 6) is 2.82. The van der Waals surface area contributed by atoms with Gasteiger partial charge in [-0.05, 0) is 19.4 Å². The Morgan fingerprint density at radius 1 is 1.28 bits per heavy atom. The first kappa shape index (κ1) is 18.7. The van der Waals surface area contributed by atoms with E-state index in [1.54, 1.807) is 0 Å². The Labute approximate surface area is 150 Å². The Bertz CT molecular complexity index is 704. The van der Waals surface area contributed by atoms with Crippen LogP contribution >= 0.6 is 0 Å². The van der Waals surface area contributed by atoms with Crippen LogP contribution in [0.3, 0.4) is 0 Å². The fourth-order valence-corrected chi connectivity index (χ4v) is 2.45. The number of aliphatic imine (C=N–C) groups is 1. The number of nitrogens with zero attached hydrogens (tertiary/aromatic N) is 4. The van der Waals surface area contributed by atoms with E-state index in [1.807, 2.05) is 30.7 Å². The molecule has 0 aliphatic carbocycles. The highest BCUT2D eigenvalue weighted by molar-refractivity contribution is 5.80. The van der Waals surface area contributed by atoms with Crippen molar-refractivity contribution in [2.24, 2.45) is 12.0 Å². The molecule has 0 bridgehead atoms. The number of hydrogen-bond donors (Lipinski definition) is 2. The summed E-state index contributed by atoms with van der Waals surface area (Å²) in [7, 11) is 1.95. The molecule has 134 valence electrons. The van der Waals surface area contributed by atoms with Crippen LogP contribution in [0.25, 0.3) is 0 Å². The minimum Gasteiger partial charge on any atom is -0.353 e. The Morgan fingerprint density at radius 3 is 2.60 bits per heavy atom. The van der Waals surface area contributed by atoms with E-state index >= 15 is 0 Å². The third kappa shape index (κ3) is 5.17. The second kappa shape index (κ2) is 9.01. The molecule has 1 aromatic heterocycles. The van der Waals surface area contributed by atoms with Gasteiger partial charge in [0.15, 0.2) is 11.8 Å². The summed E-state index contributed by atoms with van der Waals surface area (Å²) in [5, 5.41) is 15.0. The summed E-state index contributed by atoms with van der Waals surface area (Å²) in [6.07, 6.45) is 1.81. The van der Waals surface area contributed by atoms with Gasteiger partial charge in [-0.1, -0.05) is 43.3 Å². The summed E-state index contributed by atoms with van der Waals surface area (Å²) in [5.41, 5.74) is 1.30. The molecule has 0 aliphatic rings. The fraction of sp³-hybridized carbons (Fsp3) is 0.421. The minimum atomic E-state index is 0.222. The van der Waals surface area contributed by atoms with Crippen molar-refractivity contribution in [3.8, 4) is 0 Å². The van der Waals surface area contributed by atoms with E-state index in [9.17, 15) is 0 Å². The van der Waals surface area contributed by atoms with E-state index in [0.717, 1.165) is 17.6 Å². The molecule has 2 unspecified atom stereocenters. The van der Waals surface area contributed by atoms with Gasteiger partial charge in [0.25, 0.3) is 0 Å². The molecule has 6 nitrogen and oxygen atoms in total. The molecular weight excluding hydrogens is 312 g/mol. The van der Waals surface area contributed by atoms with Crippen LogP contribution in [0.5, 0.6) is 0 Å². The van der Waals surface area contributed by atoms with Crippen molar-refractivity contribution in [2.45, 2.75) is 39.3 Å². The number of guanidine groups is 1. The van der Waals surface area contributed by atoms with E-state index in [1.165, 1.54) is 5.56 Å². The van der Waals surface area contributed by atoms with Gasteiger partial charge < -0.3 is 15.2 Å². The third-order valence-corrected chi connectivity index (χ3v) is 4.41. The first-order chi connectivity index (χ1) is 12.0. The highest BCUT2D eigenvalue weighted by atomic mass is 15.3. The normalized spacial score (nSPS) is 14.0. The molecule has 25 heavy (non-hydrogen) atoms. The number of nitrogens with one attached hydrogen (secondary N) is 2. The number of hydrogen-bond acceptors (Lipinski definition) is 3. The second-order valence-electron chi connectivity index (χ2n) is 6.19. The zero-order chi connectivity index (χ0) is 18.2. The average Bonchev–Trinajstić information content (AvgIpc) is 2.95. The molecule has 0 saturated heterocycles. The number of aromatic nitrogens is 3. The molecule has 2 aromatic rings. The van der Waals surface area contributed by atoms with Gasteiger partial charge in [0, 0.05) is 25.6 Å². The molecule has 0 spiro atoms. The van der Waals surface area contributed by atoms with E-state index in [-0.39, 0.29) is 6.04 Å². The maximum absolute atomic E-state index is 4.65.